The summed E-state index contributed by atoms with van der Waals surface area (Å²) in [6, 6.07) is 2.13. The Morgan fingerprint density at radius 3 is 2.40 bits per heavy atom. The fourth-order valence-corrected chi connectivity index (χ4v) is 2.53. The minimum absolute atomic E-state index is 0.00587. The van der Waals surface area contributed by atoms with Crippen molar-refractivity contribution in [3.05, 3.63) is 17.8 Å². The zero-order valence-corrected chi connectivity index (χ0v) is 11.4. The molecule has 2 atom stereocenters. The maximum atomic E-state index is 14.0. The van der Waals surface area contributed by atoms with Crippen molar-refractivity contribution >= 4 is 5.82 Å². The standard InChI is InChI=1S/C13H17F4N3/c1-8(2)9-5-6-20(7-10(9)14)12-4-3-11(18-19-12)13(15,16)17/h3-4,8-10H,5-7H2,1-2H3. The summed E-state index contributed by atoms with van der Waals surface area (Å²) in [6.07, 6.45) is -4.83. The van der Waals surface area contributed by atoms with Gasteiger partial charge in [-0.25, -0.2) is 4.39 Å². The van der Waals surface area contributed by atoms with E-state index >= 15 is 0 Å². The van der Waals surface area contributed by atoms with Crippen LogP contribution in [0.2, 0.25) is 0 Å². The Labute approximate surface area is 115 Å². The number of rotatable bonds is 2. The molecule has 1 saturated heterocycles. The molecule has 0 bridgehead atoms. The van der Waals surface area contributed by atoms with E-state index in [0.717, 1.165) is 6.07 Å². The van der Waals surface area contributed by atoms with E-state index in [-0.39, 0.29) is 18.4 Å². The van der Waals surface area contributed by atoms with Crippen molar-refractivity contribution in [2.45, 2.75) is 32.6 Å². The van der Waals surface area contributed by atoms with Crippen molar-refractivity contribution in [2.75, 3.05) is 18.0 Å². The van der Waals surface area contributed by atoms with Crippen LogP contribution in [-0.4, -0.2) is 29.5 Å². The lowest BCUT2D eigenvalue weighted by Gasteiger charge is -2.37. The number of piperidine rings is 1. The van der Waals surface area contributed by atoms with E-state index in [2.05, 4.69) is 10.2 Å². The van der Waals surface area contributed by atoms with Crippen molar-refractivity contribution in [2.24, 2.45) is 11.8 Å². The number of hydrogen-bond acceptors (Lipinski definition) is 3. The van der Waals surface area contributed by atoms with E-state index < -0.39 is 18.0 Å². The van der Waals surface area contributed by atoms with Crippen LogP contribution in [0.3, 0.4) is 0 Å². The molecular weight excluding hydrogens is 274 g/mol. The zero-order valence-electron chi connectivity index (χ0n) is 11.4. The molecule has 0 aromatic carbocycles. The Morgan fingerprint density at radius 1 is 1.25 bits per heavy atom. The minimum Gasteiger partial charge on any atom is -0.352 e. The molecule has 7 heteroatoms. The highest BCUT2D eigenvalue weighted by Crippen LogP contribution is 2.31. The highest BCUT2D eigenvalue weighted by atomic mass is 19.4. The summed E-state index contributed by atoms with van der Waals surface area (Å²) < 4.78 is 51.2. The molecule has 1 aromatic rings. The van der Waals surface area contributed by atoms with Gasteiger partial charge in [-0.1, -0.05) is 13.8 Å². The molecule has 20 heavy (non-hydrogen) atoms. The molecule has 2 rings (SSSR count). The van der Waals surface area contributed by atoms with Crippen LogP contribution in [-0.2, 0) is 6.18 Å². The average molecular weight is 291 g/mol. The van der Waals surface area contributed by atoms with Gasteiger partial charge in [-0.2, -0.15) is 13.2 Å². The molecule has 0 saturated carbocycles. The first kappa shape index (κ1) is 15.0. The van der Waals surface area contributed by atoms with Crippen molar-refractivity contribution in [1.82, 2.24) is 10.2 Å². The van der Waals surface area contributed by atoms with Crippen molar-refractivity contribution in [3.63, 3.8) is 0 Å². The predicted octanol–water partition coefficient (Wildman–Crippen LogP) is 3.32. The van der Waals surface area contributed by atoms with Crippen LogP contribution in [0.4, 0.5) is 23.4 Å². The van der Waals surface area contributed by atoms with Gasteiger partial charge in [-0.15, -0.1) is 10.2 Å². The number of aromatic nitrogens is 2. The molecule has 0 aliphatic carbocycles. The maximum Gasteiger partial charge on any atom is 0.435 e. The second-order valence-corrected chi connectivity index (χ2v) is 5.43. The molecule has 1 aliphatic heterocycles. The molecule has 3 nitrogen and oxygen atoms in total. The molecule has 112 valence electrons. The van der Waals surface area contributed by atoms with E-state index in [4.69, 9.17) is 0 Å². The molecule has 1 aliphatic rings. The third-order valence-electron chi connectivity index (χ3n) is 3.71. The van der Waals surface area contributed by atoms with E-state index in [1.54, 1.807) is 4.90 Å². The average Bonchev–Trinajstić information content (AvgIpc) is 2.37. The van der Waals surface area contributed by atoms with Crippen LogP contribution in [0.1, 0.15) is 26.0 Å². The molecule has 0 N–H and O–H groups in total. The Kier molecular flexibility index (Phi) is 4.15. The fourth-order valence-electron chi connectivity index (χ4n) is 2.53. The predicted molar refractivity (Wildman–Crippen MR) is 67.1 cm³/mol. The number of alkyl halides is 4. The highest BCUT2D eigenvalue weighted by molar-refractivity contribution is 5.38. The zero-order chi connectivity index (χ0) is 14.9. The Morgan fingerprint density at radius 2 is 1.95 bits per heavy atom. The summed E-state index contributed by atoms with van der Waals surface area (Å²) in [5.41, 5.74) is -1.03. The van der Waals surface area contributed by atoms with E-state index in [1.807, 2.05) is 13.8 Å². The summed E-state index contributed by atoms with van der Waals surface area (Å²) >= 11 is 0. The Bertz CT molecular complexity index is 444. The van der Waals surface area contributed by atoms with Gasteiger partial charge in [0.25, 0.3) is 0 Å². The Balaban J connectivity index is 2.07. The van der Waals surface area contributed by atoms with Crippen molar-refractivity contribution in [1.29, 1.82) is 0 Å². The van der Waals surface area contributed by atoms with Gasteiger partial charge in [0, 0.05) is 6.54 Å². The van der Waals surface area contributed by atoms with Gasteiger partial charge in [-0.05, 0) is 30.4 Å². The molecule has 1 fully saturated rings. The third-order valence-corrected chi connectivity index (χ3v) is 3.71. The maximum absolute atomic E-state index is 14.0. The topological polar surface area (TPSA) is 29.0 Å². The van der Waals surface area contributed by atoms with Crippen LogP contribution >= 0.6 is 0 Å². The van der Waals surface area contributed by atoms with Crippen LogP contribution in [0, 0.1) is 11.8 Å². The second kappa shape index (κ2) is 5.54. The lowest BCUT2D eigenvalue weighted by Crippen LogP contribution is -2.44. The summed E-state index contributed by atoms with van der Waals surface area (Å²) in [4.78, 5) is 1.65. The first-order valence-electron chi connectivity index (χ1n) is 6.59. The van der Waals surface area contributed by atoms with Gasteiger partial charge in [0.15, 0.2) is 11.5 Å². The molecule has 2 unspecified atom stereocenters. The van der Waals surface area contributed by atoms with Crippen molar-refractivity contribution in [3.8, 4) is 0 Å². The molecule has 0 amide bonds. The lowest BCUT2D eigenvalue weighted by atomic mass is 9.85. The normalized spacial score (nSPS) is 24.2. The van der Waals surface area contributed by atoms with E-state index in [0.29, 0.717) is 18.8 Å². The number of hydrogen-bond donors (Lipinski definition) is 0. The summed E-state index contributed by atoms with van der Waals surface area (Å²) in [5, 5.41) is 6.73. The fraction of sp³-hybridized carbons (Fsp3) is 0.692. The van der Waals surface area contributed by atoms with Crippen LogP contribution in [0.15, 0.2) is 12.1 Å². The minimum atomic E-state index is -4.50. The first-order chi connectivity index (χ1) is 9.29. The quantitative estimate of drug-likeness (QED) is 0.783. The van der Waals surface area contributed by atoms with Gasteiger partial charge in [0.2, 0.25) is 0 Å². The largest absolute Gasteiger partial charge is 0.435 e. The SMILES string of the molecule is CC(C)C1CCN(c2ccc(C(F)(F)F)nn2)CC1F. The van der Waals surface area contributed by atoms with Gasteiger partial charge < -0.3 is 4.90 Å². The van der Waals surface area contributed by atoms with Crippen LogP contribution < -0.4 is 4.90 Å². The van der Waals surface area contributed by atoms with E-state index in [9.17, 15) is 17.6 Å². The monoisotopic (exact) mass is 291 g/mol. The number of anilines is 1. The van der Waals surface area contributed by atoms with Gasteiger partial charge in [0.1, 0.15) is 6.17 Å². The summed E-state index contributed by atoms with van der Waals surface area (Å²) in [7, 11) is 0. The van der Waals surface area contributed by atoms with Crippen LogP contribution in [0.5, 0.6) is 0 Å². The van der Waals surface area contributed by atoms with Gasteiger partial charge in [-0.3, -0.25) is 0 Å². The highest BCUT2D eigenvalue weighted by Gasteiger charge is 2.34. The molecule has 2 heterocycles. The van der Waals surface area contributed by atoms with Gasteiger partial charge >= 0.3 is 6.18 Å². The smallest absolute Gasteiger partial charge is 0.352 e. The van der Waals surface area contributed by atoms with E-state index in [1.165, 1.54) is 6.07 Å². The summed E-state index contributed by atoms with van der Waals surface area (Å²) in [6.45, 7) is 4.70. The first-order valence-corrected chi connectivity index (χ1v) is 6.59. The molecular formula is C13H17F4N3. The molecule has 0 spiro atoms. The van der Waals surface area contributed by atoms with Gasteiger partial charge in [0.05, 0.1) is 6.54 Å². The van der Waals surface area contributed by atoms with Crippen molar-refractivity contribution < 1.29 is 17.6 Å². The molecule has 1 aromatic heterocycles. The van der Waals surface area contributed by atoms with Crippen LogP contribution in [0.25, 0.3) is 0 Å². The number of nitrogens with zero attached hydrogens (tertiary/aromatic N) is 3. The number of halogens is 4. The molecule has 0 radical (unpaired) electrons. The Hall–Kier alpha value is -1.40. The second-order valence-electron chi connectivity index (χ2n) is 5.43. The summed E-state index contributed by atoms with van der Waals surface area (Å²) in [5.74, 6) is 0.544. The lowest BCUT2D eigenvalue weighted by molar-refractivity contribution is -0.141. The third kappa shape index (κ3) is 3.19.